The predicted octanol–water partition coefficient (Wildman–Crippen LogP) is 4.48. The number of benzene rings is 1. The Labute approximate surface area is 183 Å². The lowest BCUT2D eigenvalue weighted by Crippen LogP contribution is -2.38. The average Bonchev–Trinajstić information content (AvgIpc) is 3.10. The summed E-state index contributed by atoms with van der Waals surface area (Å²) < 4.78 is 43.4. The van der Waals surface area contributed by atoms with E-state index in [2.05, 4.69) is 20.6 Å². The quantitative estimate of drug-likeness (QED) is 0.302. The van der Waals surface area contributed by atoms with Gasteiger partial charge in [-0.15, -0.1) is 35.3 Å². The number of thiazole rings is 1. The lowest BCUT2D eigenvalue weighted by molar-refractivity contribution is -0.140. The van der Waals surface area contributed by atoms with E-state index in [1.807, 2.05) is 38.1 Å². The molecule has 1 aromatic carbocycles. The first-order valence-electron chi connectivity index (χ1n) is 8.68. The number of hydrogen-bond acceptors (Lipinski definition) is 4. The molecule has 0 radical (unpaired) electrons. The summed E-state index contributed by atoms with van der Waals surface area (Å²) in [5.41, 5.74) is 0.127. The first-order valence-corrected chi connectivity index (χ1v) is 9.56. The molecular weight excluding hydrogens is 504 g/mol. The average molecular weight is 528 g/mol. The zero-order valence-electron chi connectivity index (χ0n) is 15.7. The summed E-state index contributed by atoms with van der Waals surface area (Å²) in [6.45, 7) is 5.99. The van der Waals surface area contributed by atoms with Crippen molar-refractivity contribution in [2.24, 2.45) is 4.99 Å². The summed E-state index contributed by atoms with van der Waals surface area (Å²) >= 11 is 1.01. The van der Waals surface area contributed by atoms with Gasteiger partial charge in [-0.2, -0.15) is 13.2 Å². The van der Waals surface area contributed by atoms with Crippen LogP contribution in [0, 0.1) is 0 Å². The molecule has 0 bridgehead atoms. The maximum Gasteiger partial charge on any atom is 0.434 e. The predicted molar refractivity (Wildman–Crippen MR) is 117 cm³/mol. The Kier molecular flexibility index (Phi) is 10.6. The molecular formula is C18H24F3IN4OS. The van der Waals surface area contributed by atoms with E-state index in [0.717, 1.165) is 28.0 Å². The summed E-state index contributed by atoms with van der Waals surface area (Å²) in [5, 5.41) is 7.72. The molecule has 0 amide bonds. The highest BCUT2D eigenvalue weighted by atomic mass is 127. The van der Waals surface area contributed by atoms with Crippen LogP contribution in [-0.2, 0) is 19.1 Å². The molecule has 1 aromatic heterocycles. The molecule has 0 fully saturated rings. The third-order valence-electron chi connectivity index (χ3n) is 3.50. The fourth-order valence-corrected chi connectivity index (χ4v) is 3.09. The van der Waals surface area contributed by atoms with Gasteiger partial charge in [0.25, 0.3) is 0 Å². The number of aliphatic imine (C=N–C) groups is 1. The fourth-order valence-electron chi connectivity index (χ4n) is 2.28. The molecule has 5 nitrogen and oxygen atoms in total. The fraction of sp³-hybridized carbons (Fsp3) is 0.444. The van der Waals surface area contributed by atoms with E-state index in [1.54, 1.807) is 0 Å². The van der Waals surface area contributed by atoms with Gasteiger partial charge in [-0.25, -0.2) is 9.98 Å². The van der Waals surface area contributed by atoms with Gasteiger partial charge in [-0.3, -0.25) is 0 Å². The van der Waals surface area contributed by atoms with E-state index >= 15 is 0 Å². The molecule has 0 atom stereocenters. The van der Waals surface area contributed by atoms with Crippen molar-refractivity contribution in [3.8, 4) is 5.75 Å². The lowest BCUT2D eigenvalue weighted by Gasteiger charge is -2.12. The Morgan fingerprint density at radius 2 is 1.96 bits per heavy atom. The highest BCUT2D eigenvalue weighted by molar-refractivity contribution is 14.0. The molecule has 2 N–H and O–H groups in total. The summed E-state index contributed by atoms with van der Waals surface area (Å²) in [7, 11) is 0. The minimum Gasteiger partial charge on any atom is -0.494 e. The summed E-state index contributed by atoms with van der Waals surface area (Å²) in [4.78, 5) is 8.15. The topological polar surface area (TPSA) is 58.5 Å². The molecule has 0 saturated carbocycles. The van der Waals surface area contributed by atoms with Crippen molar-refractivity contribution in [1.82, 2.24) is 15.6 Å². The van der Waals surface area contributed by atoms with Gasteiger partial charge < -0.3 is 15.4 Å². The molecule has 10 heteroatoms. The van der Waals surface area contributed by atoms with Crippen LogP contribution < -0.4 is 15.4 Å². The number of alkyl halides is 3. The number of nitrogens with zero attached hydrogens (tertiary/aromatic N) is 2. The Hall–Kier alpha value is -1.56. The SMILES string of the molecule is CCNC(=NCc1ccccc1OCC)NCCc1nc(C(F)(F)F)cs1.I. The Bertz CT molecular complexity index is 752. The van der Waals surface area contributed by atoms with E-state index in [9.17, 15) is 13.2 Å². The molecule has 0 spiro atoms. The van der Waals surface area contributed by atoms with Gasteiger partial charge >= 0.3 is 6.18 Å². The molecule has 0 saturated heterocycles. The molecule has 1 heterocycles. The number of para-hydroxylation sites is 1. The van der Waals surface area contributed by atoms with Crippen molar-refractivity contribution < 1.29 is 17.9 Å². The first-order chi connectivity index (χ1) is 12.9. The van der Waals surface area contributed by atoms with E-state index in [1.165, 1.54) is 0 Å². The van der Waals surface area contributed by atoms with Crippen molar-refractivity contribution in [1.29, 1.82) is 0 Å². The zero-order valence-corrected chi connectivity index (χ0v) is 18.8. The van der Waals surface area contributed by atoms with Crippen LogP contribution in [-0.4, -0.2) is 30.6 Å². The monoisotopic (exact) mass is 528 g/mol. The molecule has 2 aromatic rings. The second kappa shape index (κ2) is 12.1. The van der Waals surface area contributed by atoms with Crippen molar-refractivity contribution >= 4 is 41.3 Å². The van der Waals surface area contributed by atoms with Crippen molar-refractivity contribution in [3.05, 3.63) is 45.9 Å². The van der Waals surface area contributed by atoms with E-state index in [0.29, 0.717) is 43.6 Å². The van der Waals surface area contributed by atoms with Gasteiger partial charge in [0.1, 0.15) is 5.75 Å². The molecule has 0 unspecified atom stereocenters. The number of aromatic nitrogens is 1. The van der Waals surface area contributed by atoms with Crippen molar-refractivity contribution in [3.63, 3.8) is 0 Å². The number of hydrogen-bond donors (Lipinski definition) is 2. The number of nitrogens with one attached hydrogen (secondary N) is 2. The van der Waals surface area contributed by atoms with E-state index in [-0.39, 0.29) is 24.0 Å². The number of guanidine groups is 1. The zero-order chi connectivity index (χ0) is 19.7. The minimum absolute atomic E-state index is 0. The molecule has 156 valence electrons. The smallest absolute Gasteiger partial charge is 0.434 e. The highest BCUT2D eigenvalue weighted by Gasteiger charge is 2.33. The summed E-state index contributed by atoms with van der Waals surface area (Å²) in [6, 6.07) is 7.68. The maximum absolute atomic E-state index is 12.6. The third kappa shape index (κ3) is 7.82. The molecule has 0 aliphatic rings. The first kappa shape index (κ1) is 24.5. The Balaban J connectivity index is 0.00000392. The molecule has 28 heavy (non-hydrogen) atoms. The molecule has 2 rings (SSSR count). The van der Waals surface area contributed by atoms with Crippen LogP contribution in [0.15, 0.2) is 34.6 Å². The van der Waals surface area contributed by atoms with Gasteiger partial charge in [-0.1, -0.05) is 18.2 Å². The van der Waals surface area contributed by atoms with Gasteiger partial charge in [0, 0.05) is 30.5 Å². The highest BCUT2D eigenvalue weighted by Crippen LogP contribution is 2.30. The van der Waals surface area contributed by atoms with Crippen LogP contribution in [0.25, 0.3) is 0 Å². The van der Waals surface area contributed by atoms with Crippen molar-refractivity contribution in [2.45, 2.75) is 33.0 Å². The van der Waals surface area contributed by atoms with Gasteiger partial charge in [-0.05, 0) is 19.9 Å². The van der Waals surface area contributed by atoms with Crippen molar-refractivity contribution in [2.75, 3.05) is 19.7 Å². The van der Waals surface area contributed by atoms with Crippen LogP contribution in [0.1, 0.15) is 30.1 Å². The Morgan fingerprint density at radius 1 is 1.21 bits per heavy atom. The molecule has 0 aliphatic carbocycles. The maximum atomic E-state index is 12.6. The van der Waals surface area contributed by atoms with Gasteiger partial charge in [0.05, 0.1) is 18.2 Å². The van der Waals surface area contributed by atoms with Crippen LogP contribution in [0.3, 0.4) is 0 Å². The van der Waals surface area contributed by atoms with Crippen LogP contribution in [0.2, 0.25) is 0 Å². The van der Waals surface area contributed by atoms with Crippen LogP contribution >= 0.6 is 35.3 Å². The van der Waals surface area contributed by atoms with Crippen LogP contribution in [0.4, 0.5) is 13.2 Å². The van der Waals surface area contributed by atoms with E-state index < -0.39 is 11.9 Å². The molecule has 0 aliphatic heterocycles. The Morgan fingerprint density at radius 3 is 2.61 bits per heavy atom. The number of halogens is 4. The van der Waals surface area contributed by atoms with Gasteiger partial charge in [0.2, 0.25) is 0 Å². The van der Waals surface area contributed by atoms with Gasteiger partial charge in [0.15, 0.2) is 11.7 Å². The normalized spacial score (nSPS) is 11.7. The second-order valence-corrected chi connectivity index (χ2v) is 6.48. The lowest BCUT2D eigenvalue weighted by atomic mass is 10.2. The summed E-state index contributed by atoms with van der Waals surface area (Å²) in [5.74, 6) is 1.39. The second-order valence-electron chi connectivity index (χ2n) is 5.54. The van der Waals surface area contributed by atoms with E-state index in [4.69, 9.17) is 4.74 Å². The minimum atomic E-state index is -4.40. The number of ether oxygens (including phenoxy) is 1. The third-order valence-corrected chi connectivity index (χ3v) is 4.41. The van der Waals surface area contributed by atoms with Crippen LogP contribution in [0.5, 0.6) is 5.75 Å². The largest absolute Gasteiger partial charge is 0.494 e. The number of rotatable bonds is 8. The summed E-state index contributed by atoms with van der Waals surface area (Å²) in [6.07, 6.45) is -4.01. The standard InChI is InChI=1S/C18H23F3N4OS.HI/c1-3-22-17(24-11-13-7-5-6-8-14(13)26-4-2)23-10-9-16-25-15(12-27-16)18(19,20)21;/h5-8,12H,3-4,9-11H2,1-2H3,(H2,22,23,24);1H.